The number of hydrogen-bond acceptors (Lipinski definition) is 9. The van der Waals surface area contributed by atoms with Crippen molar-refractivity contribution in [2.75, 3.05) is 19.8 Å². The van der Waals surface area contributed by atoms with Gasteiger partial charge in [-0.1, -0.05) is 44.2 Å². The molecule has 18 heteroatoms. The van der Waals surface area contributed by atoms with Gasteiger partial charge < -0.3 is 24.8 Å². The van der Waals surface area contributed by atoms with Gasteiger partial charge >= 0.3 is 6.09 Å². The Bertz CT molecular complexity index is 2150. The Morgan fingerprint density at radius 2 is 1.88 bits per heavy atom. The van der Waals surface area contributed by atoms with Gasteiger partial charge in [-0.05, 0) is 88.5 Å². The third-order valence-electron chi connectivity index (χ3n) is 12.9. The number of benzene rings is 1. The largest absolute Gasteiger partial charge is 0.477 e. The van der Waals surface area contributed by atoms with Crippen LogP contribution in [0.3, 0.4) is 0 Å². The SMILES string of the molecule is C[C@H]1CC/C=C\[C@@H]2C[C@@]2(C(=O)NS(=O)(=O)C2(CF)CC2)NC(=O)[C@@H]2C[C@@H](Oc3nc4c(c5ccccc35)CCCO4)CN2C(=O)[C@@H](N(C(=O)O)C(C)(C)C(F)F)[C@H](C)C1. The summed E-state index contributed by atoms with van der Waals surface area (Å²) in [6.07, 6.45) is 0.364. The van der Waals surface area contributed by atoms with Gasteiger partial charge in [-0.15, -0.1) is 0 Å². The monoisotopic (exact) mass is 847 g/mol. The number of nitrogens with zero attached hydrogens (tertiary/aromatic N) is 3. The lowest BCUT2D eigenvalue weighted by atomic mass is 9.85. The molecule has 59 heavy (non-hydrogen) atoms. The zero-order chi connectivity index (χ0) is 42.7. The Hall–Kier alpha value is -4.61. The van der Waals surface area contributed by atoms with Crippen molar-refractivity contribution in [1.82, 2.24) is 24.8 Å². The molecule has 3 fully saturated rings. The molecule has 2 saturated carbocycles. The summed E-state index contributed by atoms with van der Waals surface area (Å²) in [5.41, 5.74) is -3.20. The predicted octanol–water partition coefficient (Wildman–Crippen LogP) is 5.14. The first-order valence-corrected chi connectivity index (χ1v) is 21.8. The summed E-state index contributed by atoms with van der Waals surface area (Å²) in [5.74, 6) is -3.83. The molecule has 4 heterocycles. The van der Waals surface area contributed by atoms with Gasteiger partial charge in [0.05, 0.1) is 13.2 Å². The molecule has 1 saturated heterocycles. The van der Waals surface area contributed by atoms with E-state index in [2.05, 4.69) is 10.3 Å². The normalized spacial score (nSPS) is 30.1. The second-order valence-corrected chi connectivity index (χ2v) is 19.7. The summed E-state index contributed by atoms with van der Waals surface area (Å²) in [6.45, 7) is 4.59. The van der Waals surface area contributed by atoms with Crippen molar-refractivity contribution in [3.63, 3.8) is 0 Å². The molecule has 1 aromatic carbocycles. The number of carboxylic acid groups (broad SMARTS) is 1. The highest BCUT2D eigenvalue weighted by molar-refractivity contribution is 7.91. The number of ether oxygens (including phenoxy) is 2. The molecule has 4 amide bonds. The maximum Gasteiger partial charge on any atom is 0.408 e. The number of pyridine rings is 1. The summed E-state index contributed by atoms with van der Waals surface area (Å²) in [7, 11) is -4.47. The number of sulfonamides is 1. The van der Waals surface area contributed by atoms with E-state index in [4.69, 9.17) is 9.47 Å². The maximum atomic E-state index is 15.1. The van der Waals surface area contributed by atoms with Crippen molar-refractivity contribution in [3.8, 4) is 11.8 Å². The first-order chi connectivity index (χ1) is 27.9. The fourth-order valence-corrected chi connectivity index (χ4v) is 10.4. The molecule has 322 valence electrons. The molecule has 0 unspecified atom stereocenters. The van der Waals surface area contributed by atoms with Crippen LogP contribution in [0.25, 0.3) is 10.8 Å². The summed E-state index contributed by atoms with van der Waals surface area (Å²) < 4.78 is 82.5. The standard InChI is InChI=1S/C41H52F3N5O9S/c1-23-10-5-6-11-25-20-41(25,37(52)47-59(55,56)40(22-42)15-16-40)46-32(50)30-19-26(58-34-29-13-8-7-12-27(29)28-14-9-17-57-33(28)45-34)21-48(30)35(51)31(24(2)18-23)49(38(53)54)39(3,4)36(43)44/h6-8,11-13,23-26,30-31,36H,5,9-10,14-22H2,1-4H3,(H,46,50)(H,47,52)(H,53,54)/b11-6-/t23-,24+,25+,26+,30-,31-,41+/m0/s1. The van der Waals surface area contributed by atoms with Crippen molar-refractivity contribution in [3.05, 3.63) is 42.0 Å². The minimum atomic E-state index is -4.47. The number of amides is 4. The number of aryl methyl sites for hydroxylation is 1. The molecule has 5 aliphatic rings. The lowest BCUT2D eigenvalue weighted by Gasteiger charge is -2.44. The Morgan fingerprint density at radius 1 is 1.17 bits per heavy atom. The zero-order valence-electron chi connectivity index (χ0n) is 33.6. The van der Waals surface area contributed by atoms with E-state index in [0.29, 0.717) is 35.6 Å². The lowest BCUT2D eigenvalue weighted by Crippen LogP contribution is -2.64. The van der Waals surface area contributed by atoms with E-state index in [1.165, 1.54) is 0 Å². The van der Waals surface area contributed by atoms with Crippen LogP contribution < -0.4 is 19.5 Å². The zero-order valence-corrected chi connectivity index (χ0v) is 34.4. The van der Waals surface area contributed by atoms with E-state index in [1.807, 2.05) is 42.0 Å². The van der Waals surface area contributed by atoms with Crippen molar-refractivity contribution in [1.29, 1.82) is 0 Å². The van der Waals surface area contributed by atoms with Gasteiger partial charge in [0, 0.05) is 23.3 Å². The molecular formula is C41H52F3N5O9S. The molecule has 3 N–H and O–H groups in total. The van der Waals surface area contributed by atoms with E-state index in [0.717, 1.165) is 42.5 Å². The smallest absolute Gasteiger partial charge is 0.408 e. The third-order valence-corrected chi connectivity index (χ3v) is 15.0. The number of aromatic nitrogens is 1. The van der Waals surface area contributed by atoms with Gasteiger partial charge in [-0.2, -0.15) is 4.98 Å². The first kappa shape index (κ1) is 42.5. The highest BCUT2D eigenvalue weighted by Gasteiger charge is 2.64. The topological polar surface area (TPSA) is 185 Å². The number of alkyl halides is 3. The second-order valence-electron chi connectivity index (χ2n) is 17.6. The highest BCUT2D eigenvalue weighted by Crippen LogP contribution is 2.48. The highest BCUT2D eigenvalue weighted by atomic mass is 32.2. The van der Waals surface area contributed by atoms with Crippen LogP contribution in [-0.2, 0) is 30.8 Å². The summed E-state index contributed by atoms with van der Waals surface area (Å²) in [4.78, 5) is 63.0. The van der Waals surface area contributed by atoms with Crippen LogP contribution >= 0.6 is 0 Å². The lowest BCUT2D eigenvalue weighted by molar-refractivity contribution is -0.149. The molecule has 0 bridgehead atoms. The summed E-state index contributed by atoms with van der Waals surface area (Å²) in [6, 6.07) is 4.31. The van der Waals surface area contributed by atoms with E-state index >= 15 is 4.79 Å². The fraction of sp³-hybridized carbons (Fsp3) is 0.634. The first-order valence-electron chi connectivity index (χ1n) is 20.3. The molecule has 0 radical (unpaired) electrons. The van der Waals surface area contributed by atoms with Gasteiger partial charge in [-0.25, -0.2) is 26.4 Å². The average Bonchev–Trinajstić information content (AvgIpc) is 4.09. The van der Waals surface area contributed by atoms with E-state index in [9.17, 15) is 41.1 Å². The maximum absolute atomic E-state index is 15.1. The third kappa shape index (κ3) is 7.81. The van der Waals surface area contributed by atoms with Crippen molar-refractivity contribution < 1.29 is 55.3 Å². The molecule has 14 nitrogen and oxygen atoms in total. The second kappa shape index (κ2) is 15.8. The van der Waals surface area contributed by atoms with Gasteiger partial charge in [0.15, 0.2) is 0 Å². The molecular weight excluding hydrogens is 796 g/mol. The van der Waals surface area contributed by atoms with Crippen LogP contribution in [-0.4, -0.2) is 112 Å². The molecule has 2 aromatic rings. The summed E-state index contributed by atoms with van der Waals surface area (Å²) in [5, 5.41) is 14.8. The van der Waals surface area contributed by atoms with Gasteiger partial charge in [-0.3, -0.25) is 24.0 Å². The van der Waals surface area contributed by atoms with Crippen LogP contribution in [0.5, 0.6) is 11.8 Å². The van der Waals surface area contributed by atoms with E-state index in [1.54, 1.807) is 13.0 Å². The number of rotatable bonds is 9. The van der Waals surface area contributed by atoms with Crippen LogP contribution in [0.15, 0.2) is 36.4 Å². The Morgan fingerprint density at radius 3 is 2.54 bits per heavy atom. The van der Waals surface area contributed by atoms with Crippen LogP contribution in [0, 0.1) is 17.8 Å². The van der Waals surface area contributed by atoms with E-state index < -0.39 is 92.8 Å². The number of nitrogens with one attached hydrogen (secondary N) is 2. The minimum Gasteiger partial charge on any atom is -0.477 e. The number of allylic oxidation sites excluding steroid dienone is 1. The van der Waals surface area contributed by atoms with E-state index in [-0.39, 0.29) is 50.4 Å². The van der Waals surface area contributed by atoms with Crippen molar-refractivity contribution >= 4 is 44.6 Å². The Balaban J connectivity index is 1.29. The number of carbonyl (C=O) groups excluding carboxylic acids is 3. The van der Waals surface area contributed by atoms with Gasteiger partial charge in [0.1, 0.15) is 40.7 Å². The van der Waals surface area contributed by atoms with Gasteiger partial charge in [0.2, 0.25) is 33.6 Å². The minimum absolute atomic E-state index is 0.00936. The van der Waals surface area contributed by atoms with Crippen LogP contribution in [0.2, 0.25) is 0 Å². The Labute approximate surface area is 341 Å². The fourth-order valence-electron chi connectivity index (χ4n) is 9.02. The molecule has 2 aliphatic carbocycles. The number of halogens is 3. The average molecular weight is 848 g/mol. The van der Waals surface area contributed by atoms with Crippen molar-refractivity contribution in [2.24, 2.45) is 17.8 Å². The van der Waals surface area contributed by atoms with Crippen LogP contribution in [0.4, 0.5) is 18.0 Å². The Kier molecular flexibility index (Phi) is 11.4. The number of fused-ring (bicyclic) bond motifs is 5. The van der Waals surface area contributed by atoms with Gasteiger partial charge in [0.25, 0.3) is 12.3 Å². The molecule has 3 aliphatic heterocycles. The molecule has 1 aromatic heterocycles. The van der Waals surface area contributed by atoms with Crippen LogP contribution in [0.1, 0.15) is 84.6 Å². The summed E-state index contributed by atoms with van der Waals surface area (Å²) >= 11 is 0. The number of carbonyl (C=O) groups is 4. The molecule has 7 atom stereocenters. The number of hydrogen-bond donors (Lipinski definition) is 3. The predicted molar refractivity (Wildman–Crippen MR) is 209 cm³/mol. The molecule has 0 spiro atoms. The van der Waals surface area contributed by atoms with Crippen molar-refractivity contribution in [2.45, 2.75) is 126 Å². The molecule has 7 rings (SSSR count). The quantitative estimate of drug-likeness (QED) is 0.286.